The third kappa shape index (κ3) is 4.49. The van der Waals surface area contributed by atoms with Gasteiger partial charge in [0.15, 0.2) is 5.03 Å². The Morgan fingerprint density at radius 1 is 1.59 bits per heavy atom. The quantitative estimate of drug-likeness (QED) is 0.357. The minimum absolute atomic E-state index is 0.0931. The molecule has 0 bridgehead atoms. The minimum Gasteiger partial charge on any atom is -0.258 e. The summed E-state index contributed by atoms with van der Waals surface area (Å²) < 4.78 is 21.4. The number of aryl methyl sites for hydroxylation is 1. The Kier molecular flexibility index (Phi) is 4.72. The third-order valence-electron chi connectivity index (χ3n) is 1.84. The summed E-state index contributed by atoms with van der Waals surface area (Å²) in [7, 11) is 1.45. The molecule has 1 rings (SSSR count). The first-order valence-corrected chi connectivity index (χ1v) is 7.93. The van der Waals surface area contributed by atoms with Gasteiger partial charge in [-0.2, -0.15) is 0 Å². The Bertz CT molecular complexity index is 532. The Hall–Kier alpha value is -0.860. The van der Waals surface area contributed by atoms with Crippen LogP contribution in [0, 0.1) is 17.0 Å². The molecule has 0 unspecified atom stereocenters. The van der Waals surface area contributed by atoms with Gasteiger partial charge in [-0.3, -0.25) is 10.1 Å². The van der Waals surface area contributed by atoms with Gasteiger partial charge in [0.05, 0.1) is 10.7 Å². The maximum absolute atomic E-state index is 10.8. The highest BCUT2D eigenvalue weighted by molar-refractivity contribution is 8.14. The summed E-state index contributed by atoms with van der Waals surface area (Å²) in [6, 6.07) is 1.53. The van der Waals surface area contributed by atoms with E-state index in [0.717, 1.165) is 11.8 Å². The molecule has 0 fully saturated rings. The Labute approximate surface area is 107 Å². The van der Waals surface area contributed by atoms with Crippen molar-refractivity contribution in [3.63, 3.8) is 0 Å². The molecule has 6 nitrogen and oxygen atoms in total. The lowest BCUT2D eigenvalue weighted by Gasteiger charge is -2.02. The van der Waals surface area contributed by atoms with Gasteiger partial charge in [-0.25, -0.2) is 13.4 Å². The summed E-state index contributed by atoms with van der Waals surface area (Å²) in [6.45, 7) is 1.60. The molecule has 0 saturated heterocycles. The van der Waals surface area contributed by atoms with Crippen molar-refractivity contribution in [2.75, 3.05) is 11.5 Å². The van der Waals surface area contributed by atoms with Gasteiger partial charge in [0.1, 0.15) is 0 Å². The van der Waals surface area contributed by atoms with E-state index >= 15 is 0 Å². The van der Waals surface area contributed by atoms with E-state index in [4.69, 9.17) is 10.7 Å². The van der Waals surface area contributed by atoms with E-state index in [0.29, 0.717) is 5.56 Å². The van der Waals surface area contributed by atoms with E-state index < -0.39 is 14.0 Å². The highest BCUT2D eigenvalue weighted by Gasteiger charge is 2.19. The Morgan fingerprint density at radius 2 is 2.24 bits per heavy atom. The molecule has 0 aliphatic rings. The molecule has 1 aromatic rings. The summed E-state index contributed by atoms with van der Waals surface area (Å²) in [4.78, 5) is 14.1. The summed E-state index contributed by atoms with van der Waals surface area (Å²) in [5.74, 6) is -0.130. The number of thioether (sulfide) groups is 1. The normalized spacial score (nSPS) is 11.4. The van der Waals surface area contributed by atoms with Gasteiger partial charge in [0.2, 0.25) is 9.05 Å². The first kappa shape index (κ1) is 14.2. The monoisotopic (exact) mass is 296 g/mol. The molecule has 17 heavy (non-hydrogen) atoms. The topological polar surface area (TPSA) is 90.2 Å². The lowest BCUT2D eigenvalue weighted by atomic mass is 10.3. The zero-order valence-electron chi connectivity index (χ0n) is 8.79. The smallest absolute Gasteiger partial charge is 0.258 e. The molecular weight excluding hydrogens is 288 g/mol. The Balaban J connectivity index is 2.85. The lowest BCUT2D eigenvalue weighted by Crippen LogP contribution is -2.02. The van der Waals surface area contributed by atoms with Crippen molar-refractivity contribution in [1.82, 2.24) is 4.98 Å². The van der Waals surface area contributed by atoms with E-state index in [1.807, 2.05) is 0 Å². The van der Waals surface area contributed by atoms with Gasteiger partial charge in [0, 0.05) is 28.2 Å². The van der Waals surface area contributed by atoms with E-state index in [9.17, 15) is 18.5 Å². The van der Waals surface area contributed by atoms with Gasteiger partial charge in [-0.05, 0) is 13.0 Å². The van der Waals surface area contributed by atoms with E-state index in [-0.39, 0.29) is 22.2 Å². The molecule has 9 heteroatoms. The number of aromatic nitrogens is 1. The molecule has 1 aromatic heterocycles. The van der Waals surface area contributed by atoms with Gasteiger partial charge < -0.3 is 0 Å². The molecule has 0 aromatic carbocycles. The van der Waals surface area contributed by atoms with Crippen molar-refractivity contribution >= 4 is 37.2 Å². The van der Waals surface area contributed by atoms with Crippen LogP contribution in [0.4, 0.5) is 5.69 Å². The maximum atomic E-state index is 10.8. The summed E-state index contributed by atoms with van der Waals surface area (Å²) in [5, 5.41) is 11.0. The van der Waals surface area contributed by atoms with Crippen molar-refractivity contribution in [2.24, 2.45) is 0 Å². The molecule has 0 spiro atoms. The second-order valence-corrected chi connectivity index (χ2v) is 7.11. The van der Waals surface area contributed by atoms with Crippen molar-refractivity contribution in [1.29, 1.82) is 0 Å². The lowest BCUT2D eigenvalue weighted by molar-refractivity contribution is -0.388. The molecule has 0 saturated carbocycles. The summed E-state index contributed by atoms with van der Waals surface area (Å²) in [5.41, 5.74) is 0.394. The average molecular weight is 297 g/mol. The van der Waals surface area contributed by atoms with Crippen LogP contribution in [-0.4, -0.2) is 29.8 Å². The van der Waals surface area contributed by atoms with Gasteiger partial charge in [0.25, 0.3) is 0 Å². The fraction of sp³-hybridized carbons (Fsp3) is 0.375. The Morgan fingerprint density at radius 3 is 2.76 bits per heavy atom. The average Bonchev–Trinajstić information content (AvgIpc) is 2.14. The molecule has 0 amide bonds. The fourth-order valence-corrected chi connectivity index (χ4v) is 3.49. The van der Waals surface area contributed by atoms with Gasteiger partial charge >= 0.3 is 5.69 Å². The van der Waals surface area contributed by atoms with Crippen LogP contribution in [-0.2, 0) is 9.05 Å². The van der Waals surface area contributed by atoms with Gasteiger partial charge in [-0.15, -0.1) is 0 Å². The molecule has 1 heterocycles. The van der Waals surface area contributed by atoms with Crippen LogP contribution in [0.25, 0.3) is 0 Å². The number of pyridine rings is 1. The van der Waals surface area contributed by atoms with Crippen molar-refractivity contribution < 1.29 is 13.3 Å². The van der Waals surface area contributed by atoms with E-state index in [1.54, 1.807) is 6.92 Å². The molecule has 0 N–H and O–H groups in total. The highest BCUT2D eigenvalue weighted by atomic mass is 35.7. The minimum atomic E-state index is -3.58. The van der Waals surface area contributed by atoms with Crippen molar-refractivity contribution in [3.8, 4) is 0 Å². The second-order valence-electron chi connectivity index (χ2n) is 3.13. The third-order valence-corrected chi connectivity index (χ3v) is 4.23. The second kappa shape index (κ2) is 5.65. The van der Waals surface area contributed by atoms with Gasteiger partial charge in [-0.1, -0.05) is 11.8 Å². The van der Waals surface area contributed by atoms with E-state index in [1.165, 1.54) is 12.3 Å². The van der Waals surface area contributed by atoms with Crippen LogP contribution in [0.5, 0.6) is 0 Å². The van der Waals surface area contributed by atoms with Crippen LogP contribution in [0.3, 0.4) is 0 Å². The standard InChI is InChI=1S/C8H9ClN2O4S2/c1-6-2-3-10-8(7(6)11(12)13)16-4-5-17(9,14)15/h2-3H,4-5H2,1H3. The highest BCUT2D eigenvalue weighted by Crippen LogP contribution is 2.29. The number of nitrogens with zero attached hydrogens (tertiary/aromatic N) is 2. The summed E-state index contributed by atoms with van der Waals surface area (Å²) >= 11 is 1.00. The van der Waals surface area contributed by atoms with Crippen LogP contribution in [0.2, 0.25) is 0 Å². The molecule has 0 aliphatic heterocycles. The largest absolute Gasteiger partial charge is 0.304 e. The molecule has 0 atom stereocenters. The molecule has 94 valence electrons. The van der Waals surface area contributed by atoms with Crippen molar-refractivity contribution in [2.45, 2.75) is 11.9 Å². The number of hydrogen-bond donors (Lipinski definition) is 0. The zero-order valence-corrected chi connectivity index (χ0v) is 11.2. The fourth-order valence-electron chi connectivity index (χ4n) is 1.09. The predicted octanol–water partition coefficient (Wildman–Crippen LogP) is 1.96. The SMILES string of the molecule is Cc1ccnc(SCCS(=O)(=O)Cl)c1[N+](=O)[O-]. The molecule has 0 radical (unpaired) electrons. The number of rotatable bonds is 5. The van der Waals surface area contributed by atoms with Crippen LogP contribution >= 0.6 is 22.4 Å². The van der Waals surface area contributed by atoms with E-state index in [2.05, 4.69) is 4.98 Å². The first-order valence-electron chi connectivity index (χ1n) is 4.46. The van der Waals surface area contributed by atoms with Crippen LogP contribution < -0.4 is 0 Å². The van der Waals surface area contributed by atoms with Crippen LogP contribution in [0.15, 0.2) is 17.3 Å². The maximum Gasteiger partial charge on any atom is 0.304 e. The van der Waals surface area contributed by atoms with Crippen LogP contribution in [0.1, 0.15) is 5.56 Å². The first-order chi connectivity index (χ1) is 7.81. The summed E-state index contributed by atoms with van der Waals surface area (Å²) in [6.07, 6.45) is 1.44. The molecule has 0 aliphatic carbocycles. The number of hydrogen-bond acceptors (Lipinski definition) is 6. The molecular formula is C8H9ClN2O4S2. The predicted molar refractivity (Wildman–Crippen MR) is 66.0 cm³/mol. The number of nitro groups is 1. The number of halogens is 1. The zero-order chi connectivity index (χ0) is 13.1. The van der Waals surface area contributed by atoms with Crippen molar-refractivity contribution in [3.05, 3.63) is 27.9 Å².